The highest BCUT2D eigenvalue weighted by molar-refractivity contribution is 5.79. The molecule has 0 amide bonds. The van der Waals surface area contributed by atoms with Crippen LogP contribution in [0.25, 0.3) is 0 Å². The molecule has 0 saturated carbocycles. The normalized spacial score (nSPS) is 15.0. The predicted molar refractivity (Wildman–Crippen MR) is 101 cm³/mol. The number of halogens is 1. The fourth-order valence-electron chi connectivity index (χ4n) is 2.54. The summed E-state index contributed by atoms with van der Waals surface area (Å²) in [6.07, 6.45) is -0.995. The molecule has 0 bridgehead atoms. The van der Waals surface area contributed by atoms with Gasteiger partial charge in [0.1, 0.15) is 29.4 Å². The largest absolute Gasteiger partial charge is 0.487 e. The van der Waals surface area contributed by atoms with Gasteiger partial charge in [-0.15, -0.1) is 0 Å². The van der Waals surface area contributed by atoms with Crippen molar-refractivity contribution in [2.24, 2.45) is 11.8 Å². The average Bonchev–Trinajstić information content (AvgIpc) is 2.52. The lowest BCUT2D eigenvalue weighted by Gasteiger charge is -2.29. The third kappa shape index (κ3) is 8.41. The first-order chi connectivity index (χ1) is 12.4. The van der Waals surface area contributed by atoms with Crippen LogP contribution in [0, 0.1) is 17.7 Å². The molecule has 0 saturated heterocycles. The van der Waals surface area contributed by atoms with Crippen molar-refractivity contribution in [3.05, 3.63) is 30.1 Å². The quantitative estimate of drug-likeness (QED) is 0.618. The van der Waals surface area contributed by atoms with Gasteiger partial charge >= 0.3 is 11.9 Å². The summed E-state index contributed by atoms with van der Waals surface area (Å²) in [5, 5.41) is 0. The van der Waals surface area contributed by atoms with Gasteiger partial charge in [-0.25, -0.2) is 4.39 Å². The molecule has 152 valence electrons. The van der Waals surface area contributed by atoms with Crippen molar-refractivity contribution in [2.75, 3.05) is 0 Å². The fourth-order valence-corrected chi connectivity index (χ4v) is 2.54. The van der Waals surface area contributed by atoms with Crippen LogP contribution < -0.4 is 4.74 Å². The summed E-state index contributed by atoms with van der Waals surface area (Å²) >= 11 is 0. The molecule has 0 aliphatic carbocycles. The first kappa shape index (κ1) is 22.9. The molecule has 1 aromatic carbocycles. The molecule has 1 aromatic rings. The summed E-state index contributed by atoms with van der Waals surface area (Å²) in [7, 11) is 0. The van der Waals surface area contributed by atoms with Crippen molar-refractivity contribution in [1.82, 2.24) is 0 Å². The fraction of sp³-hybridized carbons (Fsp3) is 0.619. The van der Waals surface area contributed by atoms with Crippen LogP contribution in [0.3, 0.4) is 0 Å². The van der Waals surface area contributed by atoms with Gasteiger partial charge in [-0.05, 0) is 57.9 Å². The minimum absolute atomic E-state index is 0.00174. The smallest absolute Gasteiger partial charge is 0.309 e. The molecule has 0 spiro atoms. The standard InChI is InChI=1S/C21H31FO5/c1-13(2)19(15(4)25-17-10-8-16(22)9-11-17)26-20(24)14(3)12-18(23)27-21(5,6)7/h8-11,13-15,19H,12H2,1-7H3/t14-,15+,19-/m1/s1. The van der Waals surface area contributed by atoms with E-state index in [0.717, 1.165) is 0 Å². The molecule has 0 radical (unpaired) electrons. The maximum absolute atomic E-state index is 13.0. The van der Waals surface area contributed by atoms with Gasteiger partial charge in [-0.1, -0.05) is 20.8 Å². The van der Waals surface area contributed by atoms with Crippen LogP contribution in [-0.4, -0.2) is 29.7 Å². The van der Waals surface area contributed by atoms with Gasteiger partial charge in [0.2, 0.25) is 0 Å². The summed E-state index contributed by atoms with van der Waals surface area (Å²) < 4.78 is 29.7. The Hall–Kier alpha value is -2.11. The van der Waals surface area contributed by atoms with E-state index in [2.05, 4.69) is 0 Å². The molecule has 27 heavy (non-hydrogen) atoms. The molecular formula is C21H31FO5. The molecule has 0 N–H and O–H groups in total. The number of hydrogen-bond donors (Lipinski definition) is 0. The van der Waals surface area contributed by atoms with Crippen LogP contribution >= 0.6 is 0 Å². The van der Waals surface area contributed by atoms with Gasteiger partial charge in [0, 0.05) is 0 Å². The molecule has 0 aromatic heterocycles. The van der Waals surface area contributed by atoms with Crippen molar-refractivity contribution >= 4 is 11.9 Å². The van der Waals surface area contributed by atoms with E-state index >= 15 is 0 Å². The second kappa shape index (κ2) is 9.72. The van der Waals surface area contributed by atoms with Crippen LogP contribution in [-0.2, 0) is 19.1 Å². The molecule has 0 aliphatic rings. The molecule has 0 unspecified atom stereocenters. The van der Waals surface area contributed by atoms with Gasteiger partial charge in [-0.3, -0.25) is 9.59 Å². The van der Waals surface area contributed by atoms with E-state index in [1.165, 1.54) is 24.3 Å². The Morgan fingerprint density at radius 1 is 1.04 bits per heavy atom. The van der Waals surface area contributed by atoms with E-state index in [1.54, 1.807) is 34.6 Å². The van der Waals surface area contributed by atoms with Crippen LogP contribution in [0.1, 0.15) is 54.9 Å². The van der Waals surface area contributed by atoms with Crippen molar-refractivity contribution < 1.29 is 28.2 Å². The molecule has 3 atom stereocenters. The number of carbonyl (C=O) groups excluding carboxylic acids is 2. The zero-order valence-corrected chi connectivity index (χ0v) is 17.2. The number of rotatable bonds is 8. The van der Waals surface area contributed by atoms with Crippen LogP contribution in [0.15, 0.2) is 24.3 Å². The van der Waals surface area contributed by atoms with Crippen molar-refractivity contribution in [3.8, 4) is 5.75 Å². The number of ether oxygens (including phenoxy) is 3. The molecule has 0 heterocycles. The SMILES string of the molecule is CC(C)[C@@H](OC(=O)[C@H](C)CC(=O)OC(C)(C)C)[C@H](C)Oc1ccc(F)cc1. The summed E-state index contributed by atoms with van der Waals surface area (Å²) in [6.45, 7) is 12.6. The van der Waals surface area contributed by atoms with Crippen molar-refractivity contribution in [3.63, 3.8) is 0 Å². The number of carbonyl (C=O) groups is 2. The van der Waals surface area contributed by atoms with E-state index in [-0.39, 0.29) is 18.2 Å². The van der Waals surface area contributed by atoms with Gasteiger partial charge in [0.15, 0.2) is 0 Å². The summed E-state index contributed by atoms with van der Waals surface area (Å²) in [4.78, 5) is 24.3. The second-order valence-electron chi connectivity index (χ2n) is 8.11. The Labute approximate surface area is 161 Å². The van der Waals surface area contributed by atoms with Crippen molar-refractivity contribution in [1.29, 1.82) is 0 Å². The van der Waals surface area contributed by atoms with Crippen LogP contribution in [0.2, 0.25) is 0 Å². The van der Waals surface area contributed by atoms with Crippen LogP contribution in [0.4, 0.5) is 4.39 Å². The first-order valence-corrected chi connectivity index (χ1v) is 9.23. The minimum Gasteiger partial charge on any atom is -0.487 e. The predicted octanol–water partition coefficient (Wildman–Crippen LogP) is 4.53. The lowest BCUT2D eigenvalue weighted by molar-refractivity contribution is -0.167. The van der Waals surface area contributed by atoms with E-state index in [1.807, 2.05) is 13.8 Å². The summed E-state index contributed by atoms with van der Waals surface area (Å²) in [6, 6.07) is 5.66. The maximum atomic E-state index is 13.0. The van der Waals surface area contributed by atoms with E-state index < -0.39 is 35.7 Å². The Morgan fingerprint density at radius 3 is 2.07 bits per heavy atom. The van der Waals surface area contributed by atoms with Crippen LogP contribution in [0.5, 0.6) is 5.75 Å². The third-order valence-electron chi connectivity index (χ3n) is 3.80. The maximum Gasteiger partial charge on any atom is 0.309 e. The van der Waals surface area contributed by atoms with E-state index in [4.69, 9.17) is 14.2 Å². The lowest BCUT2D eigenvalue weighted by Crippen LogP contribution is -2.39. The molecule has 6 heteroatoms. The summed E-state index contributed by atoms with van der Waals surface area (Å²) in [5.41, 5.74) is -0.599. The third-order valence-corrected chi connectivity index (χ3v) is 3.80. The summed E-state index contributed by atoms with van der Waals surface area (Å²) in [5.74, 6) is -1.40. The molecule has 1 rings (SSSR count). The molecule has 0 fully saturated rings. The Bertz CT molecular complexity index is 618. The van der Waals surface area contributed by atoms with Crippen molar-refractivity contribution in [2.45, 2.75) is 72.7 Å². The van der Waals surface area contributed by atoms with Gasteiger partial charge in [0.25, 0.3) is 0 Å². The first-order valence-electron chi connectivity index (χ1n) is 9.23. The Morgan fingerprint density at radius 2 is 1.59 bits per heavy atom. The highest BCUT2D eigenvalue weighted by atomic mass is 19.1. The highest BCUT2D eigenvalue weighted by Gasteiger charge is 2.30. The number of hydrogen-bond acceptors (Lipinski definition) is 5. The molecule has 5 nitrogen and oxygen atoms in total. The highest BCUT2D eigenvalue weighted by Crippen LogP contribution is 2.21. The van der Waals surface area contributed by atoms with Gasteiger partial charge in [0.05, 0.1) is 12.3 Å². The Balaban J connectivity index is 2.67. The zero-order chi connectivity index (χ0) is 20.8. The zero-order valence-electron chi connectivity index (χ0n) is 17.2. The Kier molecular flexibility index (Phi) is 8.25. The average molecular weight is 382 g/mol. The monoisotopic (exact) mass is 382 g/mol. The topological polar surface area (TPSA) is 61.8 Å². The lowest BCUT2D eigenvalue weighted by atomic mass is 10.0. The molecular weight excluding hydrogens is 351 g/mol. The second-order valence-corrected chi connectivity index (χ2v) is 8.11. The number of benzene rings is 1. The molecule has 0 aliphatic heterocycles. The van der Waals surface area contributed by atoms with Gasteiger partial charge < -0.3 is 14.2 Å². The van der Waals surface area contributed by atoms with E-state index in [0.29, 0.717) is 5.75 Å². The number of esters is 2. The van der Waals surface area contributed by atoms with E-state index in [9.17, 15) is 14.0 Å². The minimum atomic E-state index is -0.626. The van der Waals surface area contributed by atoms with Gasteiger partial charge in [-0.2, -0.15) is 0 Å².